The number of aromatic nitrogens is 2. The molecule has 0 amide bonds. The molecule has 1 aliphatic heterocycles. The molecule has 1 aliphatic rings. The lowest BCUT2D eigenvalue weighted by Crippen LogP contribution is -2.37. The van der Waals surface area contributed by atoms with Gasteiger partial charge in [-0.1, -0.05) is 11.6 Å². The second-order valence-electron chi connectivity index (χ2n) is 3.74. The lowest BCUT2D eigenvalue weighted by atomic mass is 10.2. The van der Waals surface area contributed by atoms with Crippen molar-refractivity contribution in [3.63, 3.8) is 0 Å². The third-order valence-electron chi connectivity index (χ3n) is 2.37. The number of hydrogen-bond acceptors (Lipinski definition) is 5. The highest BCUT2D eigenvalue weighted by Gasteiger charge is 2.29. The first-order valence-corrected chi connectivity index (χ1v) is 5.13. The molecule has 0 spiro atoms. The molecule has 2 N–H and O–H groups in total. The van der Waals surface area contributed by atoms with Gasteiger partial charge in [0.1, 0.15) is 6.10 Å². The van der Waals surface area contributed by atoms with Crippen molar-refractivity contribution in [2.45, 2.75) is 12.1 Å². The largest absolute Gasteiger partial charge is 0.470 e. The predicted molar refractivity (Wildman–Crippen MR) is 56.9 cm³/mol. The molecular weight excluding hydrogens is 216 g/mol. The number of nitrogens with zero attached hydrogens (tertiary/aromatic N) is 3. The van der Waals surface area contributed by atoms with Crippen molar-refractivity contribution in [3.8, 4) is 5.88 Å². The van der Waals surface area contributed by atoms with Crippen LogP contribution in [-0.2, 0) is 0 Å². The number of likely N-dealkylation sites (tertiary alicyclic amines) is 1. The molecule has 0 aromatic carbocycles. The molecule has 0 aliphatic carbocycles. The molecule has 0 bridgehead atoms. The van der Waals surface area contributed by atoms with Crippen LogP contribution < -0.4 is 10.5 Å². The van der Waals surface area contributed by atoms with Gasteiger partial charge in [-0.15, -0.1) is 10.2 Å². The fraction of sp³-hybridized carbons (Fsp3) is 0.556. The molecule has 2 atom stereocenters. The molecule has 0 saturated carbocycles. The first-order chi connectivity index (χ1) is 7.15. The van der Waals surface area contributed by atoms with Crippen molar-refractivity contribution in [2.24, 2.45) is 5.73 Å². The van der Waals surface area contributed by atoms with E-state index in [1.807, 2.05) is 7.05 Å². The molecule has 1 aromatic heterocycles. The average Bonchev–Trinajstić information content (AvgIpc) is 2.49. The Labute approximate surface area is 93.2 Å². The summed E-state index contributed by atoms with van der Waals surface area (Å²) in [6.07, 6.45) is -0.0227. The number of likely N-dealkylation sites (N-methyl/N-ethyl adjacent to an activating group) is 1. The van der Waals surface area contributed by atoms with Crippen LogP contribution in [0.3, 0.4) is 0 Å². The summed E-state index contributed by atoms with van der Waals surface area (Å²) in [4.78, 5) is 2.12. The van der Waals surface area contributed by atoms with E-state index in [1.165, 1.54) is 0 Å². The van der Waals surface area contributed by atoms with Gasteiger partial charge in [-0.05, 0) is 13.1 Å². The van der Waals surface area contributed by atoms with Gasteiger partial charge < -0.3 is 15.4 Å². The van der Waals surface area contributed by atoms with Crippen molar-refractivity contribution >= 4 is 11.6 Å². The number of ether oxygens (including phenoxy) is 1. The monoisotopic (exact) mass is 228 g/mol. The molecule has 1 fully saturated rings. The van der Waals surface area contributed by atoms with Gasteiger partial charge in [0.25, 0.3) is 0 Å². The van der Waals surface area contributed by atoms with Crippen LogP contribution in [0.15, 0.2) is 12.1 Å². The van der Waals surface area contributed by atoms with E-state index >= 15 is 0 Å². The minimum absolute atomic E-state index is 0.0208. The van der Waals surface area contributed by atoms with Gasteiger partial charge in [0, 0.05) is 19.2 Å². The third-order valence-corrected chi connectivity index (χ3v) is 2.57. The van der Waals surface area contributed by atoms with E-state index in [2.05, 4.69) is 15.1 Å². The first kappa shape index (κ1) is 10.6. The fourth-order valence-electron chi connectivity index (χ4n) is 1.64. The molecule has 1 saturated heterocycles. The van der Waals surface area contributed by atoms with Gasteiger partial charge in [-0.3, -0.25) is 0 Å². The lowest BCUT2D eigenvalue weighted by Gasteiger charge is -2.15. The Balaban J connectivity index is 2.00. The zero-order chi connectivity index (χ0) is 10.8. The zero-order valence-corrected chi connectivity index (χ0v) is 9.18. The molecule has 1 aromatic rings. The van der Waals surface area contributed by atoms with Crippen LogP contribution in [0.1, 0.15) is 0 Å². The van der Waals surface area contributed by atoms with E-state index in [-0.39, 0.29) is 12.1 Å². The Kier molecular flexibility index (Phi) is 3.04. The zero-order valence-electron chi connectivity index (χ0n) is 8.43. The smallest absolute Gasteiger partial charge is 0.233 e. The maximum atomic E-state index is 5.91. The maximum absolute atomic E-state index is 5.91. The van der Waals surface area contributed by atoms with E-state index in [9.17, 15) is 0 Å². The standard InChI is InChI=1S/C9H13ClN4O/c1-14-4-6(11)7(5-14)15-9-3-2-8(10)12-13-9/h2-3,6-7H,4-5,11H2,1H3. The van der Waals surface area contributed by atoms with Crippen LogP contribution in [0.5, 0.6) is 5.88 Å². The van der Waals surface area contributed by atoms with E-state index in [1.54, 1.807) is 12.1 Å². The Hall–Kier alpha value is -0.910. The Morgan fingerprint density at radius 2 is 2.27 bits per heavy atom. The highest BCUT2D eigenvalue weighted by Crippen LogP contribution is 2.15. The second-order valence-corrected chi connectivity index (χ2v) is 4.12. The van der Waals surface area contributed by atoms with Gasteiger partial charge in [-0.2, -0.15) is 0 Å². The van der Waals surface area contributed by atoms with Gasteiger partial charge in [-0.25, -0.2) is 0 Å². The van der Waals surface area contributed by atoms with E-state index < -0.39 is 0 Å². The van der Waals surface area contributed by atoms with Crippen LogP contribution in [-0.4, -0.2) is 47.4 Å². The van der Waals surface area contributed by atoms with Crippen molar-refractivity contribution in [1.29, 1.82) is 0 Å². The topological polar surface area (TPSA) is 64.3 Å². The van der Waals surface area contributed by atoms with Gasteiger partial charge in [0.05, 0.1) is 6.04 Å². The Morgan fingerprint density at radius 1 is 1.47 bits per heavy atom. The minimum atomic E-state index is -0.0227. The maximum Gasteiger partial charge on any atom is 0.233 e. The molecule has 15 heavy (non-hydrogen) atoms. The highest BCUT2D eigenvalue weighted by atomic mass is 35.5. The summed E-state index contributed by atoms with van der Waals surface area (Å²) in [5.41, 5.74) is 5.91. The molecule has 2 unspecified atom stereocenters. The van der Waals surface area contributed by atoms with Crippen LogP contribution >= 0.6 is 11.6 Å². The van der Waals surface area contributed by atoms with Crippen LogP contribution in [0, 0.1) is 0 Å². The predicted octanol–water partition coefficient (Wildman–Crippen LogP) is 0.150. The van der Waals surface area contributed by atoms with Crippen LogP contribution in [0.4, 0.5) is 0 Å². The molecule has 2 rings (SSSR count). The van der Waals surface area contributed by atoms with Gasteiger partial charge in [0.15, 0.2) is 5.15 Å². The number of nitrogens with two attached hydrogens (primary N) is 1. The van der Waals surface area contributed by atoms with E-state index in [0.29, 0.717) is 11.0 Å². The summed E-state index contributed by atoms with van der Waals surface area (Å²) in [5.74, 6) is 0.468. The van der Waals surface area contributed by atoms with Crippen LogP contribution in [0.25, 0.3) is 0 Å². The van der Waals surface area contributed by atoms with E-state index in [0.717, 1.165) is 13.1 Å². The highest BCUT2D eigenvalue weighted by molar-refractivity contribution is 6.29. The number of rotatable bonds is 2. The average molecular weight is 229 g/mol. The normalized spacial score (nSPS) is 26.9. The molecule has 82 valence electrons. The van der Waals surface area contributed by atoms with Crippen molar-refractivity contribution in [1.82, 2.24) is 15.1 Å². The van der Waals surface area contributed by atoms with Gasteiger partial charge in [0.2, 0.25) is 5.88 Å². The fourth-order valence-corrected chi connectivity index (χ4v) is 1.74. The molecule has 2 heterocycles. The Morgan fingerprint density at radius 3 is 2.80 bits per heavy atom. The summed E-state index contributed by atoms with van der Waals surface area (Å²) in [5, 5.41) is 7.88. The second kappa shape index (κ2) is 4.30. The summed E-state index contributed by atoms with van der Waals surface area (Å²) >= 11 is 5.62. The lowest BCUT2D eigenvalue weighted by molar-refractivity contribution is 0.185. The summed E-state index contributed by atoms with van der Waals surface area (Å²) in [6, 6.07) is 3.36. The van der Waals surface area contributed by atoms with Crippen LogP contribution in [0.2, 0.25) is 5.15 Å². The molecule has 5 nitrogen and oxygen atoms in total. The number of hydrogen-bond donors (Lipinski definition) is 1. The SMILES string of the molecule is CN1CC(N)C(Oc2ccc(Cl)nn2)C1. The summed E-state index contributed by atoms with van der Waals surface area (Å²) in [7, 11) is 2.01. The van der Waals surface area contributed by atoms with E-state index in [4.69, 9.17) is 22.1 Å². The summed E-state index contributed by atoms with van der Waals surface area (Å²) < 4.78 is 5.61. The quantitative estimate of drug-likeness (QED) is 0.781. The van der Waals surface area contributed by atoms with Crippen molar-refractivity contribution < 1.29 is 4.74 Å². The number of halogens is 1. The third kappa shape index (κ3) is 2.56. The molecule has 0 radical (unpaired) electrons. The first-order valence-electron chi connectivity index (χ1n) is 4.75. The summed E-state index contributed by atoms with van der Waals surface area (Å²) in [6.45, 7) is 1.65. The van der Waals surface area contributed by atoms with Crippen molar-refractivity contribution in [2.75, 3.05) is 20.1 Å². The molecule has 6 heteroatoms. The minimum Gasteiger partial charge on any atom is -0.470 e. The molecular formula is C9H13ClN4O. The Bertz CT molecular complexity index is 331. The van der Waals surface area contributed by atoms with Crippen molar-refractivity contribution in [3.05, 3.63) is 17.3 Å². The van der Waals surface area contributed by atoms with Gasteiger partial charge >= 0.3 is 0 Å².